The van der Waals surface area contributed by atoms with Crippen molar-refractivity contribution < 1.29 is 102 Å². The second-order valence-corrected chi connectivity index (χ2v) is 33.3. The summed E-state index contributed by atoms with van der Waals surface area (Å²) in [5.74, 6) is -17.0. The van der Waals surface area contributed by atoms with Crippen LogP contribution in [0.2, 0.25) is 0 Å². The van der Waals surface area contributed by atoms with Crippen LogP contribution in [0.3, 0.4) is 0 Å². The molecule has 38 nitrogen and oxygen atoms in total. The number of amides is 16. The molecule has 0 bridgehead atoms. The van der Waals surface area contributed by atoms with Crippen LogP contribution in [0.25, 0.3) is 10.9 Å². The largest absolute Gasteiger partial charge is 0.508 e. The molecular weight excluding hydrogens is 1620 g/mol. The van der Waals surface area contributed by atoms with Gasteiger partial charge in [-0.2, -0.15) is 0 Å². The van der Waals surface area contributed by atoms with E-state index in [0.29, 0.717) is 66.1 Å². The fourth-order valence-corrected chi connectivity index (χ4v) is 14.3. The van der Waals surface area contributed by atoms with Gasteiger partial charge in [-0.05, 0) is 152 Å². The van der Waals surface area contributed by atoms with Crippen LogP contribution in [0.1, 0.15) is 195 Å². The Morgan fingerprint density at radius 3 is 1.73 bits per heavy atom. The van der Waals surface area contributed by atoms with Crippen LogP contribution in [0.5, 0.6) is 5.75 Å². The van der Waals surface area contributed by atoms with Gasteiger partial charge in [0, 0.05) is 56.1 Å². The van der Waals surface area contributed by atoms with Crippen LogP contribution in [0, 0.1) is 11.8 Å². The summed E-state index contributed by atoms with van der Waals surface area (Å²) in [6.07, 6.45) is 4.80. The number of aliphatic hydroxyl groups excluding tert-OH is 2. The quantitative estimate of drug-likeness (QED) is 0.0283. The molecule has 3 aromatic carbocycles. The second kappa shape index (κ2) is 49.2. The molecule has 15 atom stereocenters. The number of allylic oxidation sites excluding steroid dienone is 2. The second-order valence-electron chi connectivity index (χ2n) is 33.3. The van der Waals surface area contributed by atoms with Crippen molar-refractivity contribution in [1.29, 1.82) is 0 Å². The third-order valence-corrected chi connectivity index (χ3v) is 22.0. The highest BCUT2D eigenvalue weighted by Gasteiger charge is 2.44. The molecule has 684 valence electrons. The highest BCUT2D eigenvalue weighted by Crippen LogP contribution is 2.31. The fourth-order valence-electron chi connectivity index (χ4n) is 14.3. The maximum Gasteiger partial charge on any atom is 0.303 e. The van der Waals surface area contributed by atoms with Crippen LogP contribution in [0.15, 0.2) is 97.2 Å². The zero-order valence-corrected chi connectivity index (χ0v) is 72.3. The molecule has 0 radical (unpaired) electrons. The number of primary amides is 2. The molecule has 23 N–H and O–H groups in total. The van der Waals surface area contributed by atoms with E-state index in [1.807, 2.05) is 12.2 Å². The molecule has 0 unspecified atom stereocenters. The highest BCUT2D eigenvalue weighted by atomic mass is 16.4. The molecule has 0 saturated heterocycles. The number of para-hydroxylation sites is 1. The summed E-state index contributed by atoms with van der Waals surface area (Å²) in [5.41, 5.74) is 8.80. The Hall–Kier alpha value is -12.4. The van der Waals surface area contributed by atoms with Crippen LogP contribution >= 0.6 is 0 Å². The zero-order chi connectivity index (χ0) is 92.4. The first-order valence-corrected chi connectivity index (χ1v) is 42.5. The van der Waals surface area contributed by atoms with Gasteiger partial charge in [0.1, 0.15) is 89.3 Å². The molecule has 0 spiro atoms. The molecule has 1 aliphatic carbocycles. The van der Waals surface area contributed by atoms with Crippen molar-refractivity contribution in [3.63, 3.8) is 0 Å². The number of carboxylic acid groups (broad SMARTS) is 1. The first-order chi connectivity index (χ1) is 59.1. The Labute approximate surface area is 725 Å². The van der Waals surface area contributed by atoms with E-state index in [4.69, 9.17) is 11.5 Å². The molecular formula is C87H125N17O21. The summed E-state index contributed by atoms with van der Waals surface area (Å²) < 4.78 is 0. The number of aromatic hydroxyl groups is 1. The number of benzene rings is 3. The Balaban J connectivity index is 1.44. The summed E-state index contributed by atoms with van der Waals surface area (Å²) in [4.78, 5) is 243. The summed E-state index contributed by atoms with van der Waals surface area (Å²) in [6, 6.07) is 2.25. The van der Waals surface area contributed by atoms with Crippen molar-refractivity contribution >= 4 is 111 Å². The minimum atomic E-state index is -2.07. The van der Waals surface area contributed by atoms with E-state index in [0.717, 1.165) is 6.42 Å². The lowest BCUT2D eigenvalue weighted by Gasteiger charge is -2.35. The predicted molar refractivity (Wildman–Crippen MR) is 458 cm³/mol. The van der Waals surface area contributed by atoms with Gasteiger partial charge in [-0.1, -0.05) is 125 Å². The van der Waals surface area contributed by atoms with E-state index in [1.165, 1.54) is 72.7 Å². The normalized spacial score (nSPS) is 22.7. The van der Waals surface area contributed by atoms with Crippen molar-refractivity contribution in [3.8, 4) is 5.75 Å². The Morgan fingerprint density at radius 2 is 1.12 bits per heavy atom. The SMILES string of the molecule is CC(=O)N[C@@H](CC(C)C)C(=O)N[C@H](C(=O)N[C@@H](Cc1ccccc1)C(=O)N[C@]1(C)CCCCCCC=CCCC[C@@](C)(C(=O)N[C@@H](CO)C(=O)N[C@@H](C)C(=O)N[C@@H](C)C(N)=O)NC(=O)[C@H](CC2CCC2)NC(=O)[C@H](CCC(N)=O)NC(=O)[C@H](C)NC(=O)[C@H](Cc2c[nH]c3ccccc23)NC(=O)[C@H](Cc2ccc(O)cc2)NC(=O)[C@H](CCC(=O)O)NC1=O)[C@@H](C)O. The summed E-state index contributed by atoms with van der Waals surface area (Å²) in [5, 5.41) is 79.2. The minimum absolute atomic E-state index is 0.00740. The molecule has 16 amide bonds. The van der Waals surface area contributed by atoms with Gasteiger partial charge < -0.3 is 111 Å². The number of aliphatic hydroxyl groups is 2. The van der Waals surface area contributed by atoms with Gasteiger partial charge in [0.25, 0.3) is 0 Å². The fraction of sp³-hybridized carbons (Fsp3) is 0.552. The number of phenolic OH excluding ortho intramolecular Hbond substituents is 1. The number of phenols is 1. The molecule has 2 aliphatic rings. The average molecular weight is 1750 g/mol. The van der Waals surface area contributed by atoms with Crippen LogP contribution < -0.4 is 85.9 Å². The monoisotopic (exact) mass is 1740 g/mol. The van der Waals surface area contributed by atoms with Crippen molar-refractivity contribution in [2.24, 2.45) is 23.3 Å². The zero-order valence-electron chi connectivity index (χ0n) is 72.3. The van der Waals surface area contributed by atoms with Gasteiger partial charge in [-0.25, -0.2) is 0 Å². The number of H-pyrrole nitrogens is 1. The highest BCUT2D eigenvalue weighted by molar-refractivity contribution is 6.02. The third kappa shape index (κ3) is 33.0. The van der Waals surface area contributed by atoms with Crippen molar-refractivity contribution in [1.82, 2.24) is 79.4 Å². The van der Waals surface area contributed by atoms with Crippen molar-refractivity contribution in [3.05, 3.63) is 114 Å². The number of nitrogens with two attached hydrogens (primary N) is 2. The lowest BCUT2D eigenvalue weighted by Crippen LogP contribution is -2.65. The van der Waals surface area contributed by atoms with Gasteiger partial charge in [-0.15, -0.1) is 0 Å². The average Bonchev–Trinajstić information content (AvgIpc) is 1.80. The topological polar surface area (TPSA) is 607 Å². The Bertz CT molecular complexity index is 4460. The van der Waals surface area contributed by atoms with Gasteiger partial charge in [0.2, 0.25) is 94.5 Å². The van der Waals surface area contributed by atoms with Crippen molar-refractivity contribution in [2.75, 3.05) is 6.61 Å². The number of carbonyl (C=O) groups excluding carboxylic acids is 16. The number of hydrogen-bond donors (Lipinski definition) is 21. The van der Waals surface area contributed by atoms with Gasteiger partial charge >= 0.3 is 5.97 Å². The molecule has 1 aliphatic heterocycles. The van der Waals surface area contributed by atoms with Crippen LogP contribution in [-0.4, -0.2) is 222 Å². The number of fused-ring (bicyclic) bond motifs is 1. The predicted octanol–water partition coefficient (Wildman–Crippen LogP) is -0.146. The number of carbonyl (C=O) groups is 17. The smallest absolute Gasteiger partial charge is 0.303 e. The standard InChI is InChI=1S/C87H125N17O21/c1-48(2)41-63(94-53(7)107)79(119)102-71(52(6)106)83(123)99-66(42-54-25-18-17-19-26-54)82(122)104-86(8)39-22-15-13-11-10-12-14-16-23-40-87(9,85(125)101-68(47-105)80(120)93-50(4)73(113)91-49(3)72(89)112)103-81(121)65(43-55-27-24-28-55)97-75(115)61(35-37-69(88)109)95-74(114)51(5)92-77(117)67(45-57-46-90-60-30-21-20-29-59(57)60)98-78(118)64(44-56-31-33-58(108)34-32-56)96-76(116)62(100-84(86)124)36-38-70(110)111/h12,14,17-21,25-26,29-34,46,48-52,55,61-68,71,90,105-106,108H,10-11,13,15-16,22-24,27-28,35-45,47H2,1-9H3,(H2,88,109)(H2,89,112)(H,91,113)(H,92,117)(H,93,120)(H,94,107)(H,95,114)(H,96,116)(H,97,115)(H,98,118)(H,99,123)(H,100,124)(H,101,125)(H,102,119)(H,103,121)(H,104,122)(H,110,111)/t49-,50-,51-,52+,61-,62-,63-,64-,65-,66-,67-,68-,71-,86+,87-/m0/s1. The number of aromatic nitrogens is 1. The molecule has 1 saturated carbocycles. The van der Waals surface area contributed by atoms with Crippen molar-refractivity contribution in [2.45, 2.75) is 287 Å². The van der Waals surface area contributed by atoms with E-state index in [1.54, 1.807) is 74.6 Å². The molecule has 125 heavy (non-hydrogen) atoms. The molecule has 1 aromatic heterocycles. The van der Waals surface area contributed by atoms with E-state index in [9.17, 15) is 73.2 Å². The Kier molecular flexibility index (Phi) is 39.9. The maximum atomic E-state index is 15.5. The lowest BCUT2D eigenvalue weighted by molar-refractivity contribution is -0.140. The Morgan fingerprint density at radius 1 is 0.544 bits per heavy atom. The van der Waals surface area contributed by atoms with E-state index < -0.39 is 229 Å². The number of hydrogen-bond acceptors (Lipinski definition) is 20. The summed E-state index contributed by atoms with van der Waals surface area (Å²) >= 11 is 0. The number of aromatic amines is 1. The number of nitrogens with one attached hydrogen (secondary N) is 15. The molecule has 2 heterocycles. The number of rotatable bonds is 32. The summed E-state index contributed by atoms with van der Waals surface area (Å²) in [7, 11) is 0. The maximum absolute atomic E-state index is 15.5. The first-order valence-electron chi connectivity index (χ1n) is 42.5. The first kappa shape index (κ1) is 101. The summed E-state index contributed by atoms with van der Waals surface area (Å²) in [6.45, 7) is 11.6. The van der Waals surface area contributed by atoms with E-state index in [2.05, 4.69) is 79.4 Å². The van der Waals surface area contributed by atoms with E-state index >= 15 is 28.8 Å². The van der Waals surface area contributed by atoms with Gasteiger partial charge in [0.15, 0.2) is 0 Å². The molecule has 4 aromatic rings. The van der Waals surface area contributed by atoms with Crippen LogP contribution in [-0.2, 0) is 101 Å². The third-order valence-electron chi connectivity index (χ3n) is 22.0. The minimum Gasteiger partial charge on any atom is -0.508 e. The molecule has 6 rings (SSSR count). The molecule has 1 fully saturated rings. The van der Waals surface area contributed by atoms with Gasteiger partial charge in [0.05, 0.1) is 12.7 Å². The molecule has 38 heteroatoms. The van der Waals surface area contributed by atoms with Gasteiger partial charge in [-0.3, -0.25) is 81.5 Å². The number of carboxylic acids is 1. The number of aliphatic carboxylic acids is 1. The van der Waals surface area contributed by atoms with E-state index in [-0.39, 0.29) is 75.4 Å². The lowest BCUT2D eigenvalue weighted by atomic mass is 9.80. The van der Waals surface area contributed by atoms with Crippen LogP contribution in [0.4, 0.5) is 0 Å².